The van der Waals surface area contributed by atoms with Crippen molar-refractivity contribution in [3.63, 3.8) is 0 Å². The van der Waals surface area contributed by atoms with E-state index in [1.165, 1.54) is 22.3 Å². The molecule has 16 heavy (non-hydrogen) atoms. The molecule has 0 saturated carbocycles. The molecule has 1 rings (SSSR count). The smallest absolute Gasteiger partial charge is 0.00158 e. The number of benzene rings is 1. The number of hydrogen-bond donors (Lipinski definition) is 0. The molecule has 1 aromatic carbocycles. The first-order valence-electron chi connectivity index (χ1n) is 5.92. The lowest BCUT2D eigenvalue weighted by Crippen LogP contribution is -2.13. The summed E-state index contributed by atoms with van der Waals surface area (Å²) in [5, 5.41) is 0. The van der Waals surface area contributed by atoms with Crippen LogP contribution in [0.2, 0.25) is 0 Å². The zero-order chi connectivity index (χ0) is 12.1. The molecule has 0 atom stereocenters. The summed E-state index contributed by atoms with van der Waals surface area (Å²) in [4.78, 5) is 2.23. The highest BCUT2D eigenvalue weighted by Crippen LogP contribution is 2.25. The molecular formula is C15H23N. The van der Waals surface area contributed by atoms with Crippen molar-refractivity contribution in [3.8, 4) is 0 Å². The van der Waals surface area contributed by atoms with Gasteiger partial charge in [0.25, 0.3) is 0 Å². The van der Waals surface area contributed by atoms with Crippen molar-refractivity contribution in [1.82, 2.24) is 4.90 Å². The zero-order valence-electron chi connectivity index (χ0n) is 11.2. The van der Waals surface area contributed by atoms with E-state index in [1.807, 2.05) is 0 Å². The Hall–Kier alpha value is -1.08. The molecule has 0 aliphatic heterocycles. The maximum Gasteiger partial charge on any atom is 0.00158 e. The maximum absolute atomic E-state index is 2.25. The number of hydrogen-bond acceptors (Lipinski definition) is 1. The SMILES string of the molecule is C/C=C(/CCN(C)C)c1c(C)cccc1C. The van der Waals surface area contributed by atoms with Crippen LogP contribution in [0.4, 0.5) is 0 Å². The van der Waals surface area contributed by atoms with E-state index >= 15 is 0 Å². The fourth-order valence-corrected chi connectivity index (χ4v) is 2.08. The van der Waals surface area contributed by atoms with Gasteiger partial charge in [0, 0.05) is 6.54 Å². The first-order valence-corrected chi connectivity index (χ1v) is 5.92. The lowest BCUT2D eigenvalue weighted by Gasteiger charge is -2.16. The third-order valence-corrected chi connectivity index (χ3v) is 2.98. The van der Waals surface area contributed by atoms with Gasteiger partial charge in [-0.25, -0.2) is 0 Å². The largest absolute Gasteiger partial charge is 0.309 e. The predicted octanol–water partition coefficient (Wildman–Crippen LogP) is 3.66. The fraction of sp³-hybridized carbons (Fsp3) is 0.467. The van der Waals surface area contributed by atoms with Crippen LogP contribution in [-0.4, -0.2) is 25.5 Å². The van der Waals surface area contributed by atoms with Crippen molar-refractivity contribution in [2.75, 3.05) is 20.6 Å². The van der Waals surface area contributed by atoms with Crippen LogP contribution in [-0.2, 0) is 0 Å². The summed E-state index contributed by atoms with van der Waals surface area (Å²) < 4.78 is 0. The fourth-order valence-electron chi connectivity index (χ4n) is 2.08. The van der Waals surface area contributed by atoms with Gasteiger partial charge in [-0.1, -0.05) is 24.3 Å². The highest BCUT2D eigenvalue weighted by molar-refractivity contribution is 5.70. The molecule has 0 aromatic heterocycles. The van der Waals surface area contributed by atoms with E-state index in [4.69, 9.17) is 0 Å². The van der Waals surface area contributed by atoms with Gasteiger partial charge in [0.15, 0.2) is 0 Å². The van der Waals surface area contributed by atoms with E-state index < -0.39 is 0 Å². The minimum atomic E-state index is 1.10. The molecule has 1 nitrogen and oxygen atoms in total. The first-order chi connectivity index (χ1) is 7.56. The molecular weight excluding hydrogens is 194 g/mol. The molecule has 1 aromatic rings. The van der Waals surface area contributed by atoms with Crippen LogP contribution in [0, 0.1) is 13.8 Å². The van der Waals surface area contributed by atoms with Gasteiger partial charge >= 0.3 is 0 Å². The summed E-state index contributed by atoms with van der Waals surface area (Å²) in [6.45, 7) is 7.63. The van der Waals surface area contributed by atoms with Crippen molar-refractivity contribution in [2.45, 2.75) is 27.2 Å². The molecule has 0 radical (unpaired) electrons. The van der Waals surface area contributed by atoms with Crippen LogP contribution in [0.5, 0.6) is 0 Å². The van der Waals surface area contributed by atoms with Crippen LogP contribution in [0.1, 0.15) is 30.0 Å². The van der Waals surface area contributed by atoms with Crippen LogP contribution >= 0.6 is 0 Å². The van der Waals surface area contributed by atoms with E-state index in [2.05, 4.69) is 64.0 Å². The Morgan fingerprint density at radius 3 is 2.19 bits per heavy atom. The summed E-state index contributed by atoms with van der Waals surface area (Å²) in [6.07, 6.45) is 3.37. The predicted molar refractivity (Wildman–Crippen MR) is 72.7 cm³/mol. The Morgan fingerprint density at radius 1 is 1.19 bits per heavy atom. The summed E-state index contributed by atoms with van der Waals surface area (Å²) in [5.74, 6) is 0. The van der Waals surface area contributed by atoms with Gasteiger partial charge in [-0.2, -0.15) is 0 Å². The van der Waals surface area contributed by atoms with Crippen molar-refractivity contribution in [1.29, 1.82) is 0 Å². The topological polar surface area (TPSA) is 3.24 Å². The first kappa shape index (κ1) is 13.0. The average Bonchev–Trinajstić information content (AvgIpc) is 2.22. The normalized spacial score (nSPS) is 12.2. The number of nitrogens with zero attached hydrogens (tertiary/aromatic N) is 1. The number of rotatable bonds is 4. The quantitative estimate of drug-likeness (QED) is 0.744. The van der Waals surface area contributed by atoms with Gasteiger partial charge in [-0.3, -0.25) is 0 Å². The summed E-state index contributed by atoms with van der Waals surface area (Å²) in [7, 11) is 4.25. The molecule has 0 saturated heterocycles. The minimum Gasteiger partial charge on any atom is -0.309 e. The summed E-state index contributed by atoms with van der Waals surface area (Å²) >= 11 is 0. The Labute approximate surface area is 99.8 Å². The third-order valence-electron chi connectivity index (χ3n) is 2.98. The molecule has 0 unspecified atom stereocenters. The summed E-state index contributed by atoms with van der Waals surface area (Å²) in [6, 6.07) is 6.52. The molecule has 0 aliphatic carbocycles. The van der Waals surface area contributed by atoms with Crippen LogP contribution in [0.15, 0.2) is 24.3 Å². The van der Waals surface area contributed by atoms with Gasteiger partial charge in [-0.05, 0) is 63.6 Å². The van der Waals surface area contributed by atoms with Crippen molar-refractivity contribution < 1.29 is 0 Å². The minimum absolute atomic E-state index is 1.10. The molecule has 1 heteroatoms. The van der Waals surface area contributed by atoms with Crippen molar-refractivity contribution in [2.24, 2.45) is 0 Å². The summed E-state index contributed by atoms with van der Waals surface area (Å²) in [5.41, 5.74) is 5.66. The van der Waals surface area contributed by atoms with Gasteiger partial charge in [-0.15, -0.1) is 0 Å². The molecule has 0 amide bonds. The van der Waals surface area contributed by atoms with Gasteiger partial charge in [0.05, 0.1) is 0 Å². The Bertz CT molecular complexity index is 355. The lowest BCUT2D eigenvalue weighted by molar-refractivity contribution is 0.419. The number of aryl methyl sites for hydroxylation is 2. The molecule has 0 aliphatic rings. The average molecular weight is 217 g/mol. The molecule has 0 spiro atoms. The maximum atomic E-state index is 2.25. The standard InChI is InChI=1S/C15H23N/c1-6-14(10-11-16(4)5)15-12(2)8-7-9-13(15)3/h6-9H,10-11H2,1-5H3/b14-6-. The zero-order valence-corrected chi connectivity index (χ0v) is 11.2. The van der Waals surface area contributed by atoms with Crippen LogP contribution in [0.25, 0.3) is 5.57 Å². The van der Waals surface area contributed by atoms with E-state index in [-0.39, 0.29) is 0 Å². The van der Waals surface area contributed by atoms with Gasteiger partial charge in [0.1, 0.15) is 0 Å². The second kappa shape index (κ2) is 5.86. The molecule has 0 bridgehead atoms. The van der Waals surface area contributed by atoms with Crippen LogP contribution < -0.4 is 0 Å². The van der Waals surface area contributed by atoms with Gasteiger partial charge < -0.3 is 4.90 Å². The second-order valence-electron chi connectivity index (χ2n) is 4.63. The van der Waals surface area contributed by atoms with E-state index in [0.717, 1.165) is 13.0 Å². The Kier molecular flexibility index (Phi) is 4.75. The highest BCUT2D eigenvalue weighted by atomic mass is 15.0. The van der Waals surface area contributed by atoms with E-state index in [1.54, 1.807) is 0 Å². The molecule has 88 valence electrons. The number of allylic oxidation sites excluding steroid dienone is 1. The highest BCUT2D eigenvalue weighted by Gasteiger charge is 2.07. The Morgan fingerprint density at radius 2 is 1.75 bits per heavy atom. The Balaban J connectivity index is 2.96. The second-order valence-corrected chi connectivity index (χ2v) is 4.63. The molecule has 0 N–H and O–H groups in total. The van der Waals surface area contributed by atoms with Crippen molar-refractivity contribution in [3.05, 3.63) is 41.0 Å². The van der Waals surface area contributed by atoms with E-state index in [9.17, 15) is 0 Å². The third kappa shape index (κ3) is 3.21. The lowest BCUT2D eigenvalue weighted by atomic mass is 9.93. The van der Waals surface area contributed by atoms with Crippen molar-refractivity contribution >= 4 is 5.57 Å². The molecule has 0 heterocycles. The van der Waals surface area contributed by atoms with Crippen LogP contribution in [0.3, 0.4) is 0 Å². The van der Waals surface area contributed by atoms with E-state index in [0.29, 0.717) is 0 Å². The molecule has 0 fully saturated rings. The monoisotopic (exact) mass is 217 g/mol. The van der Waals surface area contributed by atoms with Gasteiger partial charge in [0.2, 0.25) is 0 Å².